The Labute approximate surface area is 161 Å². The van der Waals surface area contributed by atoms with Gasteiger partial charge in [-0.3, -0.25) is 4.79 Å². The zero-order valence-corrected chi connectivity index (χ0v) is 16.5. The quantitative estimate of drug-likeness (QED) is 0.526. The van der Waals surface area contributed by atoms with E-state index in [2.05, 4.69) is 37.2 Å². The number of hydrogen-bond acceptors (Lipinski definition) is 5. The second-order valence-corrected chi connectivity index (χ2v) is 6.33. The van der Waals surface area contributed by atoms with Crippen LogP contribution in [0.1, 0.15) is 0 Å². The van der Waals surface area contributed by atoms with Crippen molar-refractivity contribution >= 4 is 54.9 Å². The molecule has 0 atom stereocenters. The van der Waals surface area contributed by atoms with E-state index >= 15 is 0 Å². The van der Waals surface area contributed by atoms with Crippen LogP contribution in [-0.4, -0.2) is 25.7 Å². The molecule has 0 saturated carbocycles. The van der Waals surface area contributed by atoms with E-state index in [-0.39, 0.29) is 5.75 Å². The van der Waals surface area contributed by atoms with Gasteiger partial charge in [-0.2, -0.15) is 0 Å². The summed E-state index contributed by atoms with van der Waals surface area (Å²) in [5.74, 6) is 1.43. The molecule has 1 heterocycles. The maximum absolute atomic E-state index is 10.1. The zero-order valence-electron chi connectivity index (χ0n) is 13.4. The van der Waals surface area contributed by atoms with Crippen molar-refractivity contribution in [1.29, 1.82) is 0 Å². The second-order valence-electron chi connectivity index (χ2n) is 4.69. The first-order valence-corrected chi connectivity index (χ1v) is 8.56. The number of nitrogens with one attached hydrogen (secondary N) is 1. The number of methoxy groups -OCH3 is 2. The smallest absolute Gasteiger partial charge is 0.211 e. The van der Waals surface area contributed by atoms with Crippen LogP contribution in [0.5, 0.6) is 17.2 Å². The van der Waals surface area contributed by atoms with Crippen LogP contribution in [0.15, 0.2) is 50.0 Å². The number of ether oxygens (including phenoxy) is 2. The van der Waals surface area contributed by atoms with Gasteiger partial charge in [0.1, 0.15) is 11.3 Å². The van der Waals surface area contributed by atoms with Crippen LogP contribution in [0.2, 0.25) is 0 Å². The molecule has 0 fully saturated rings. The number of benzene rings is 2. The normalized spacial score (nSPS) is 9.92. The van der Waals surface area contributed by atoms with Gasteiger partial charge in [0.25, 0.3) is 0 Å². The maximum atomic E-state index is 10.1. The van der Waals surface area contributed by atoms with E-state index in [0.29, 0.717) is 32.5 Å². The van der Waals surface area contributed by atoms with Gasteiger partial charge in [0, 0.05) is 17.1 Å². The Kier molecular flexibility index (Phi) is 6.72. The first kappa shape index (κ1) is 19.1. The topological polar surface area (TPSA) is 80.9 Å². The van der Waals surface area contributed by atoms with E-state index in [1.165, 1.54) is 0 Å². The van der Waals surface area contributed by atoms with Crippen LogP contribution in [-0.2, 0) is 4.79 Å². The average Bonchev–Trinajstić information content (AvgIpc) is 3.09. The zero-order chi connectivity index (χ0) is 18.4. The first-order chi connectivity index (χ1) is 12.0. The lowest BCUT2D eigenvalue weighted by molar-refractivity contribution is -0.105. The highest BCUT2D eigenvalue weighted by atomic mass is 79.9. The van der Waals surface area contributed by atoms with Gasteiger partial charge in [-0.1, -0.05) is 0 Å². The molecule has 0 bridgehead atoms. The number of fused-ring (bicyclic) bond motifs is 1. The molecule has 0 aliphatic rings. The minimum Gasteiger partial charge on any atom is -0.506 e. The molecule has 6 nitrogen and oxygen atoms in total. The lowest BCUT2D eigenvalue weighted by Gasteiger charge is -2.08. The molecule has 2 aromatic carbocycles. The summed E-state index contributed by atoms with van der Waals surface area (Å²) in [7, 11) is 3.10. The van der Waals surface area contributed by atoms with E-state index in [0.717, 1.165) is 11.0 Å². The number of halogens is 2. The number of aromatic hydroxyl groups is 1. The van der Waals surface area contributed by atoms with Crippen molar-refractivity contribution in [2.45, 2.75) is 0 Å². The Bertz CT molecular complexity index is 879. The molecule has 0 unspecified atom stereocenters. The largest absolute Gasteiger partial charge is 0.506 e. The van der Waals surface area contributed by atoms with Gasteiger partial charge < -0.3 is 24.3 Å². The van der Waals surface area contributed by atoms with E-state index in [9.17, 15) is 9.90 Å². The monoisotopic (exact) mass is 471 g/mol. The highest BCUT2D eigenvalue weighted by Crippen LogP contribution is 2.38. The second kappa shape index (κ2) is 8.77. The maximum Gasteiger partial charge on any atom is 0.211 e. The molecule has 3 aromatic rings. The Morgan fingerprint density at radius 1 is 1.12 bits per heavy atom. The van der Waals surface area contributed by atoms with Crippen molar-refractivity contribution in [3.05, 3.63) is 45.5 Å². The van der Waals surface area contributed by atoms with Gasteiger partial charge >= 0.3 is 0 Å². The molecule has 1 amide bonds. The first-order valence-electron chi connectivity index (χ1n) is 6.98. The molecule has 0 spiro atoms. The third-order valence-corrected chi connectivity index (χ3v) is 4.64. The Balaban J connectivity index is 0.000000181. The molecular weight excluding hydrogens is 458 g/mol. The lowest BCUT2D eigenvalue weighted by Crippen LogP contribution is -1.95. The summed E-state index contributed by atoms with van der Waals surface area (Å²) in [6.07, 6.45) is 2.20. The van der Waals surface area contributed by atoms with E-state index in [1.807, 2.05) is 0 Å². The summed E-state index contributed by atoms with van der Waals surface area (Å²) in [4.78, 5) is 10.1. The van der Waals surface area contributed by atoms with Gasteiger partial charge in [-0.05, 0) is 56.1 Å². The van der Waals surface area contributed by atoms with Crippen molar-refractivity contribution in [2.75, 3.05) is 19.5 Å². The minimum absolute atomic E-state index is 0.198. The summed E-state index contributed by atoms with van der Waals surface area (Å²) in [5.41, 5.74) is 1.42. The van der Waals surface area contributed by atoms with E-state index < -0.39 is 0 Å². The highest BCUT2D eigenvalue weighted by Gasteiger charge is 2.10. The average molecular weight is 473 g/mol. The standard InChI is InChI=1S/C9H11NO3.C8H4Br2O2/c1-12-8-4-3-7(10-6-11)5-9(8)13-2;9-5-3-6-4(1-2-12-6)7(10)8(5)11/h3-6H,1-2H3,(H,10,11);1-3,11H. The lowest BCUT2D eigenvalue weighted by atomic mass is 10.2. The van der Waals surface area contributed by atoms with Crippen molar-refractivity contribution in [3.63, 3.8) is 0 Å². The number of furan rings is 1. The molecular formula is C17H15Br2NO5. The fourth-order valence-electron chi connectivity index (χ4n) is 2.02. The van der Waals surface area contributed by atoms with E-state index in [4.69, 9.17) is 13.9 Å². The summed E-state index contributed by atoms with van der Waals surface area (Å²) in [6.45, 7) is 0. The predicted molar refractivity (Wildman–Crippen MR) is 103 cm³/mol. The number of phenols is 1. The molecule has 25 heavy (non-hydrogen) atoms. The van der Waals surface area contributed by atoms with Gasteiger partial charge in [0.15, 0.2) is 11.5 Å². The molecule has 1 aromatic heterocycles. The third kappa shape index (κ3) is 4.46. The van der Waals surface area contributed by atoms with Crippen molar-refractivity contribution in [3.8, 4) is 17.2 Å². The highest BCUT2D eigenvalue weighted by molar-refractivity contribution is 9.11. The number of carbonyl (C=O) groups excluding carboxylic acids is 1. The number of rotatable bonds is 4. The van der Waals surface area contributed by atoms with Gasteiger partial charge in [0.05, 0.1) is 29.4 Å². The number of carbonyl (C=O) groups is 1. The fraction of sp³-hybridized carbons (Fsp3) is 0.118. The summed E-state index contributed by atoms with van der Waals surface area (Å²) in [6, 6.07) is 8.68. The van der Waals surface area contributed by atoms with Crippen molar-refractivity contribution < 1.29 is 23.8 Å². The van der Waals surface area contributed by atoms with Crippen molar-refractivity contribution in [1.82, 2.24) is 0 Å². The molecule has 8 heteroatoms. The Morgan fingerprint density at radius 2 is 1.84 bits per heavy atom. The molecule has 0 radical (unpaired) electrons. The number of amides is 1. The van der Waals surface area contributed by atoms with E-state index in [1.54, 1.807) is 50.8 Å². The van der Waals surface area contributed by atoms with Crippen LogP contribution >= 0.6 is 31.9 Å². The molecule has 2 N–H and O–H groups in total. The molecule has 0 aliphatic carbocycles. The fourth-order valence-corrected chi connectivity index (χ4v) is 3.24. The van der Waals surface area contributed by atoms with Crippen LogP contribution in [0.25, 0.3) is 11.0 Å². The van der Waals surface area contributed by atoms with Crippen molar-refractivity contribution in [2.24, 2.45) is 0 Å². The summed E-state index contributed by atoms with van der Waals surface area (Å²) < 4.78 is 16.5. The summed E-state index contributed by atoms with van der Waals surface area (Å²) in [5, 5.41) is 12.9. The van der Waals surface area contributed by atoms with Crippen LogP contribution < -0.4 is 14.8 Å². The van der Waals surface area contributed by atoms with Gasteiger partial charge in [-0.15, -0.1) is 0 Å². The molecule has 0 saturated heterocycles. The predicted octanol–water partition coefficient (Wildman–Crippen LogP) is 4.94. The van der Waals surface area contributed by atoms with Crippen LogP contribution in [0.3, 0.4) is 0 Å². The molecule has 0 aliphatic heterocycles. The Hall–Kier alpha value is -2.19. The third-order valence-electron chi connectivity index (χ3n) is 3.23. The van der Waals surface area contributed by atoms with Gasteiger partial charge in [0.2, 0.25) is 6.41 Å². The van der Waals surface area contributed by atoms with Crippen LogP contribution in [0, 0.1) is 0 Å². The number of anilines is 1. The Morgan fingerprint density at radius 3 is 2.48 bits per heavy atom. The van der Waals surface area contributed by atoms with Crippen LogP contribution in [0.4, 0.5) is 5.69 Å². The molecule has 3 rings (SSSR count). The number of hydrogen-bond donors (Lipinski definition) is 2. The SMILES string of the molecule is COc1ccc(NC=O)cc1OC.Oc1c(Br)cc2occc2c1Br. The summed E-state index contributed by atoms with van der Waals surface area (Å²) >= 11 is 6.48. The minimum atomic E-state index is 0.198. The molecule has 132 valence electrons. The number of phenolic OH excluding ortho intramolecular Hbond substituents is 1. The van der Waals surface area contributed by atoms with Gasteiger partial charge in [-0.25, -0.2) is 0 Å².